The lowest BCUT2D eigenvalue weighted by atomic mass is 9.94. The zero-order valence-corrected chi connectivity index (χ0v) is 23.5. The molecule has 2 rings (SSSR count). The molecule has 0 spiro atoms. The fraction of sp³-hybridized carbons (Fsp3) is 0.290. The van der Waals surface area contributed by atoms with Crippen LogP contribution in [0.4, 0.5) is 0 Å². The molecule has 0 heterocycles. The molecule has 2 aromatic carbocycles. The molecule has 2 aromatic rings. The summed E-state index contributed by atoms with van der Waals surface area (Å²) < 4.78 is 19.9. The molecule has 0 bridgehead atoms. The van der Waals surface area contributed by atoms with Crippen LogP contribution in [0, 0.1) is 13.8 Å². The summed E-state index contributed by atoms with van der Waals surface area (Å²) in [5.74, 6) is -3.36. The number of hydrogen-bond donors (Lipinski definition) is 0. The third-order valence-electron chi connectivity index (χ3n) is 5.64. The average Bonchev–Trinajstić information content (AvgIpc) is 2.92. The van der Waals surface area contributed by atoms with E-state index in [1.807, 2.05) is 0 Å². The lowest BCUT2D eigenvalue weighted by molar-refractivity contribution is -0.140. The van der Waals surface area contributed by atoms with Crippen LogP contribution < -0.4 is 0 Å². The largest absolute Gasteiger partial charge is 0.459 e. The van der Waals surface area contributed by atoms with E-state index in [1.165, 1.54) is 50.2 Å². The van der Waals surface area contributed by atoms with Gasteiger partial charge in [0.1, 0.15) is 26.4 Å². The molecule has 0 amide bonds. The van der Waals surface area contributed by atoms with E-state index in [0.717, 1.165) is 0 Å². The molecule has 0 saturated carbocycles. The van der Waals surface area contributed by atoms with E-state index in [0.29, 0.717) is 11.1 Å². The molecule has 216 valence electrons. The number of rotatable bonds is 14. The van der Waals surface area contributed by atoms with Gasteiger partial charge in [-0.25, -0.2) is 19.2 Å². The number of ketones is 2. The minimum Gasteiger partial charge on any atom is -0.459 e. The Morgan fingerprint density at radius 2 is 0.927 bits per heavy atom. The molecule has 0 saturated heterocycles. The van der Waals surface area contributed by atoms with Gasteiger partial charge in [0.15, 0.2) is 11.6 Å². The van der Waals surface area contributed by atoms with Gasteiger partial charge in [-0.1, -0.05) is 25.3 Å². The lowest BCUT2D eigenvalue weighted by Crippen LogP contribution is -2.15. The van der Waals surface area contributed by atoms with Crippen LogP contribution in [0.2, 0.25) is 0 Å². The average molecular weight is 565 g/mol. The van der Waals surface area contributed by atoms with Gasteiger partial charge in [0.25, 0.3) is 0 Å². The summed E-state index contributed by atoms with van der Waals surface area (Å²) in [7, 11) is 0. The highest BCUT2D eigenvalue weighted by Gasteiger charge is 2.20. The topological polar surface area (TPSA) is 139 Å². The summed E-state index contributed by atoms with van der Waals surface area (Å²) in [4.78, 5) is 73.0. The second-order valence-corrected chi connectivity index (χ2v) is 9.19. The van der Waals surface area contributed by atoms with Crippen LogP contribution in [0.5, 0.6) is 0 Å². The van der Waals surface area contributed by atoms with E-state index in [9.17, 15) is 28.8 Å². The minimum atomic E-state index is -0.656. The Morgan fingerprint density at radius 1 is 0.585 bits per heavy atom. The summed E-state index contributed by atoms with van der Waals surface area (Å²) in [6, 6.07) is 8.68. The maximum Gasteiger partial charge on any atom is 0.338 e. The van der Waals surface area contributed by atoms with E-state index in [2.05, 4.69) is 13.2 Å². The molecule has 0 N–H and O–H groups in total. The number of carbonyl (C=O) groups excluding carboxylic acids is 6. The van der Waals surface area contributed by atoms with Crippen molar-refractivity contribution in [1.82, 2.24) is 0 Å². The molecule has 0 unspecified atom stereocenters. The molecule has 0 aliphatic rings. The fourth-order valence-corrected chi connectivity index (χ4v) is 3.49. The van der Waals surface area contributed by atoms with Crippen LogP contribution in [0.1, 0.15) is 72.8 Å². The number of aryl methyl sites for hydroxylation is 2. The van der Waals surface area contributed by atoms with Gasteiger partial charge < -0.3 is 18.9 Å². The second-order valence-electron chi connectivity index (χ2n) is 9.19. The Hall–Kier alpha value is -4.86. The molecule has 0 aliphatic carbocycles. The van der Waals surface area contributed by atoms with E-state index in [4.69, 9.17) is 18.9 Å². The highest BCUT2D eigenvalue weighted by atomic mass is 16.6. The van der Waals surface area contributed by atoms with Crippen molar-refractivity contribution in [1.29, 1.82) is 0 Å². The van der Waals surface area contributed by atoms with Crippen LogP contribution in [-0.2, 0) is 28.5 Å². The normalized spacial score (nSPS) is 10.2. The molecule has 0 aromatic heterocycles. The molecule has 0 fully saturated rings. The van der Waals surface area contributed by atoms with E-state index < -0.39 is 41.9 Å². The number of carbonyl (C=O) groups is 6. The first-order valence-electron chi connectivity index (χ1n) is 12.6. The van der Waals surface area contributed by atoms with Crippen LogP contribution >= 0.6 is 0 Å². The van der Waals surface area contributed by atoms with Gasteiger partial charge >= 0.3 is 23.9 Å². The van der Waals surface area contributed by atoms with Gasteiger partial charge in [0.05, 0.1) is 17.5 Å². The van der Waals surface area contributed by atoms with E-state index in [1.54, 1.807) is 13.8 Å². The Labute approximate surface area is 237 Å². The van der Waals surface area contributed by atoms with Crippen molar-refractivity contribution in [2.24, 2.45) is 0 Å². The van der Waals surface area contributed by atoms with Crippen molar-refractivity contribution < 1.29 is 47.7 Å². The van der Waals surface area contributed by atoms with Crippen molar-refractivity contribution in [2.45, 2.75) is 34.1 Å². The zero-order valence-electron chi connectivity index (χ0n) is 23.5. The van der Waals surface area contributed by atoms with Crippen LogP contribution in [0.3, 0.4) is 0 Å². The van der Waals surface area contributed by atoms with Crippen molar-refractivity contribution in [3.63, 3.8) is 0 Å². The maximum atomic E-state index is 12.9. The van der Waals surface area contributed by atoms with Crippen LogP contribution in [0.15, 0.2) is 60.7 Å². The van der Waals surface area contributed by atoms with E-state index >= 15 is 0 Å². The Kier molecular flexibility index (Phi) is 11.9. The first-order chi connectivity index (χ1) is 19.3. The summed E-state index contributed by atoms with van der Waals surface area (Å²) in [6.45, 7) is 12.6. The summed E-state index contributed by atoms with van der Waals surface area (Å²) in [6.07, 6.45) is -0.419. The molecule has 0 radical (unpaired) electrons. The van der Waals surface area contributed by atoms with E-state index in [-0.39, 0.29) is 59.8 Å². The van der Waals surface area contributed by atoms with Crippen LogP contribution in [-0.4, -0.2) is 61.9 Å². The van der Waals surface area contributed by atoms with Crippen molar-refractivity contribution in [2.75, 3.05) is 26.4 Å². The highest BCUT2D eigenvalue weighted by molar-refractivity contribution is 6.14. The molecular formula is C31H32O10. The third kappa shape index (κ3) is 9.68. The lowest BCUT2D eigenvalue weighted by Gasteiger charge is -2.10. The monoisotopic (exact) mass is 564 g/mol. The summed E-state index contributed by atoms with van der Waals surface area (Å²) in [5, 5.41) is 0. The number of esters is 4. The molecule has 0 aliphatic heterocycles. The van der Waals surface area contributed by atoms with Gasteiger partial charge in [-0.2, -0.15) is 0 Å². The standard InChI is InChI=1S/C31H32O10/c1-18(2)28(34)38-11-13-40-30(36)22-7-9-24(20(5)15-22)26(32)17-27(33)25-10-8-23(16-21(25)6)31(37)41-14-12-39-29(35)19(3)4/h7-10,15-16H,1,3,11-14,17H2,2,4-6H3. The Bertz CT molecular complexity index is 1290. The van der Waals surface area contributed by atoms with Crippen molar-refractivity contribution in [3.8, 4) is 0 Å². The molecular weight excluding hydrogens is 532 g/mol. The molecule has 0 atom stereocenters. The predicted molar refractivity (Wildman–Crippen MR) is 148 cm³/mol. The predicted octanol–water partition coefficient (Wildman–Crippen LogP) is 4.31. The van der Waals surface area contributed by atoms with Crippen molar-refractivity contribution in [3.05, 3.63) is 94.1 Å². The van der Waals surface area contributed by atoms with Crippen molar-refractivity contribution >= 4 is 35.4 Å². The molecule has 10 nitrogen and oxygen atoms in total. The fourth-order valence-electron chi connectivity index (χ4n) is 3.49. The highest BCUT2D eigenvalue weighted by Crippen LogP contribution is 2.19. The second kappa shape index (κ2) is 15.1. The number of ether oxygens (including phenoxy) is 4. The number of Topliss-reactive ketones (excluding diaryl/α,β-unsaturated/α-hetero) is 2. The van der Waals surface area contributed by atoms with Gasteiger partial charge in [-0.05, 0) is 63.1 Å². The first kappa shape index (κ1) is 32.4. The quantitative estimate of drug-likeness (QED) is 0.0814. The third-order valence-corrected chi connectivity index (χ3v) is 5.64. The Balaban J connectivity index is 1.94. The molecule has 10 heteroatoms. The summed E-state index contributed by atoms with van der Waals surface area (Å²) >= 11 is 0. The van der Waals surface area contributed by atoms with Gasteiger partial charge in [0.2, 0.25) is 0 Å². The Morgan fingerprint density at radius 3 is 1.24 bits per heavy atom. The number of hydrogen-bond acceptors (Lipinski definition) is 10. The smallest absolute Gasteiger partial charge is 0.338 e. The summed E-state index contributed by atoms with van der Waals surface area (Å²) in [5.41, 5.74) is 2.37. The van der Waals surface area contributed by atoms with Crippen LogP contribution in [0.25, 0.3) is 0 Å². The minimum absolute atomic E-state index is 0.121. The first-order valence-corrected chi connectivity index (χ1v) is 12.6. The molecule has 41 heavy (non-hydrogen) atoms. The SMILES string of the molecule is C=C(C)C(=O)OCCOC(=O)c1ccc(C(=O)CC(=O)c2ccc(C(=O)OCCOC(=O)C(=C)C)cc2C)c(C)c1. The number of benzene rings is 2. The van der Waals surface area contributed by atoms with Gasteiger partial charge in [-0.15, -0.1) is 0 Å². The van der Waals surface area contributed by atoms with Gasteiger partial charge in [0, 0.05) is 22.3 Å². The maximum absolute atomic E-state index is 12.9. The zero-order chi connectivity index (χ0) is 30.7. The van der Waals surface area contributed by atoms with Gasteiger partial charge in [-0.3, -0.25) is 9.59 Å².